The van der Waals surface area contributed by atoms with E-state index in [0.717, 1.165) is 33.6 Å². The molecule has 0 saturated heterocycles. The number of nitrogens with two attached hydrogens (primary N) is 1. The lowest BCUT2D eigenvalue weighted by Crippen LogP contribution is -2.33. The molecule has 0 aliphatic carbocycles. The molecule has 0 saturated carbocycles. The zero-order chi connectivity index (χ0) is 18.6. The average molecular weight is 358 g/mol. The number of para-hydroxylation sites is 3. The summed E-state index contributed by atoms with van der Waals surface area (Å²) in [6.45, 7) is 0. The molecule has 5 rings (SSSR count). The van der Waals surface area contributed by atoms with Gasteiger partial charge in [0.1, 0.15) is 5.52 Å². The van der Waals surface area contributed by atoms with Crippen LogP contribution in [0.15, 0.2) is 88.4 Å². The van der Waals surface area contributed by atoms with Crippen LogP contribution in [0.3, 0.4) is 0 Å². The van der Waals surface area contributed by atoms with E-state index in [1.807, 2.05) is 78.9 Å². The number of rotatable bonds is 1. The fourth-order valence-corrected chi connectivity index (χ4v) is 2.80. The van der Waals surface area contributed by atoms with Gasteiger partial charge in [-0.2, -0.15) is 0 Å². The van der Waals surface area contributed by atoms with Gasteiger partial charge in [0, 0.05) is 11.1 Å². The van der Waals surface area contributed by atoms with E-state index >= 15 is 0 Å². The van der Waals surface area contributed by atoms with Gasteiger partial charge in [0.15, 0.2) is 11.7 Å². The van der Waals surface area contributed by atoms with Gasteiger partial charge < -0.3 is 15.6 Å². The van der Waals surface area contributed by atoms with Gasteiger partial charge in [-0.3, -0.25) is 9.79 Å². The van der Waals surface area contributed by atoms with E-state index in [1.165, 1.54) is 0 Å². The van der Waals surface area contributed by atoms with Crippen LogP contribution in [0, 0.1) is 0 Å². The van der Waals surface area contributed by atoms with E-state index in [4.69, 9.17) is 10.3 Å². The molecule has 1 aliphatic heterocycles. The summed E-state index contributed by atoms with van der Waals surface area (Å²) in [5, 5.41) is 5.48. The molecule has 3 aromatic carbocycles. The van der Waals surface area contributed by atoms with Crippen LogP contribution in [-0.4, -0.2) is 22.9 Å². The van der Waals surface area contributed by atoms with Gasteiger partial charge >= 0.3 is 0 Å². The Balaban J connectivity index is 0.000000186. The predicted molar refractivity (Wildman–Crippen MR) is 106 cm³/mol. The number of aliphatic imine (C=N–C) groups is 1. The van der Waals surface area contributed by atoms with Crippen molar-refractivity contribution in [2.45, 2.75) is 6.17 Å². The average Bonchev–Trinajstić information content (AvgIpc) is 2.81. The molecular weight excluding hydrogens is 340 g/mol. The molecule has 0 fully saturated rings. The van der Waals surface area contributed by atoms with Crippen molar-refractivity contribution in [2.24, 2.45) is 10.7 Å². The summed E-state index contributed by atoms with van der Waals surface area (Å²) < 4.78 is 4.83. The van der Waals surface area contributed by atoms with Crippen LogP contribution in [0.2, 0.25) is 0 Å². The van der Waals surface area contributed by atoms with Crippen LogP contribution in [0.25, 0.3) is 11.1 Å². The molecular formula is C21H18N4O2. The van der Waals surface area contributed by atoms with Crippen LogP contribution in [0.5, 0.6) is 0 Å². The Morgan fingerprint density at radius 3 is 2.26 bits per heavy atom. The summed E-state index contributed by atoms with van der Waals surface area (Å²) in [5.74, 6) is -0.293. The van der Waals surface area contributed by atoms with Crippen LogP contribution in [0.1, 0.15) is 11.1 Å². The molecule has 0 spiro atoms. The van der Waals surface area contributed by atoms with Crippen molar-refractivity contribution >= 4 is 28.4 Å². The Morgan fingerprint density at radius 2 is 1.59 bits per heavy atom. The van der Waals surface area contributed by atoms with Gasteiger partial charge in [-0.05, 0) is 18.2 Å². The summed E-state index contributed by atoms with van der Waals surface area (Å²) in [7, 11) is 0. The van der Waals surface area contributed by atoms with Gasteiger partial charge in [-0.25, -0.2) is 5.16 Å². The molecule has 1 atom stereocenters. The lowest BCUT2D eigenvalue weighted by Gasteiger charge is -2.09. The number of fused-ring (bicyclic) bond motifs is 2. The number of H-pyrrole nitrogens is 1. The number of hydrogen-bond acceptors (Lipinski definition) is 4. The first-order chi connectivity index (χ1) is 13.2. The van der Waals surface area contributed by atoms with Crippen molar-refractivity contribution in [1.82, 2.24) is 5.16 Å². The minimum absolute atomic E-state index is 0.293. The lowest BCUT2D eigenvalue weighted by molar-refractivity contribution is -0.117. The second kappa shape index (κ2) is 7.31. The summed E-state index contributed by atoms with van der Waals surface area (Å²) >= 11 is 0. The maximum atomic E-state index is 11.8. The third-order valence-corrected chi connectivity index (χ3v) is 4.18. The molecule has 1 amide bonds. The van der Waals surface area contributed by atoms with Crippen molar-refractivity contribution in [3.63, 3.8) is 0 Å². The summed E-state index contributed by atoms with van der Waals surface area (Å²) in [5.41, 5.74) is 11.1. The van der Waals surface area contributed by atoms with Gasteiger partial charge in [-0.15, -0.1) is 0 Å². The number of benzodiazepines with no additional fused rings is 1. The lowest BCUT2D eigenvalue weighted by atomic mass is 10.0. The predicted octanol–water partition coefficient (Wildman–Crippen LogP) is 3.52. The van der Waals surface area contributed by atoms with Crippen molar-refractivity contribution in [2.75, 3.05) is 5.32 Å². The molecule has 1 unspecified atom stereocenters. The quantitative estimate of drug-likeness (QED) is 0.486. The van der Waals surface area contributed by atoms with Crippen LogP contribution in [0.4, 0.5) is 5.69 Å². The number of amides is 1. The zero-order valence-electron chi connectivity index (χ0n) is 14.4. The minimum atomic E-state index is -0.886. The van der Waals surface area contributed by atoms with E-state index in [1.54, 1.807) is 0 Å². The second-order valence-electron chi connectivity index (χ2n) is 6.02. The highest BCUT2D eigenvalue weighted by Crippen LogP contribution is 2.23. The standard InChI is InChI=1S/C15H13N3O.C6H5NO/c16-14-15(19)17-12-9-5-4-8-11(12)13(18-14)10-6-2-1-3-7-10;1-2-4-6-5(3-1)7-8-6/h1-9,14H,16H2,(H,17,19);1-4,7H. The monoisotopic (exact) mass is 358 g/mol. The molecule has 6 nitrogen and oxygen atoms in total. The SMILES string of the molecule is NC1N=C(c2ccccc2)c2ccccc2NC1=O.c1ccc2o[nH]c2c1. The molecule has 0 radical (unpaired) electrons. The number of carbonyl (C=O) groups is 1. The smallest absolute Gasteiger partial charge is 0.263 e. The van der Waals surface area contributed by atoms with E-state index in [0.29, 0.717) is 0 Å². The largest absolute Gasteiger partial charge is 0.380 e. The Morgan fingerprint density at radius 1 is 0.889 bits per heavy atom. The fourth-order valence-electron chi connectivity index (χ4n) is 2.80. The third kappa shape index (κ3) is 3.51. The second-order valence-corrected chi connectivity index (χ2v) is 6.02. The number of aromatic nitrogens is 1. The number of benzene rings is 3. The highest BCUT2D eigenvalue weighted by atomic mass is 16.5. The van der Waals surface area contributed by atoms with E-state index < -0.39 is 6.17 Å². The number of hydrogen-bond donors (Lipinski definition) is 3. The van der Waals surface area contributed by atoms with Gasteiger partial charge in [0.25, 0.3) is 5.91 Å². The molecule has 27 heavy (non-hydrogen) atoms. The number of carbonyl (C=O) groups excluding carboxylic acids is 1. The Bertz CT molecular complexity index is 1070. The topological polar surface area (TPSA) is 96.4 Å². The third-order valence-electron chi connectivity index (χ3n) is 4.18. The summed E-state index contributed by atoms with van der Waals surface area (Å²) in [4.78, 5) is 16.2. The number of aromatic amines is 1. The highest BCUT2D eigenvalue weighted by molar-refractivity contribution is 6.19. The van der Waals surface area contributed by atoms with Crippen LogP contribution < -0.4 is 11.1 Å². The fraction of sp³-hybridized carbons (Fsp3) is 0.0476. The normalized spacial score (nSPS) is 15.8. The molecule has 4 aromatic rings. The minimum Gasteiger partial charge on any atom is -0.380 e. The molecule has 1 aromatic heterocycles. The first-order valence-corrected chi connectivity index (χ1v) is 8.53. The molecule has 1 aliphatic rings. The maximum Gasteiger partial charge on any atom is 0.263 e. The molecule has 2 heterocycles. The first kappa shape index (κ1) is 16.8. The van der Waals surface area contributed by atoms with Crippen LogP contribution >= 0.6 is 0 Å². The van der Waals surface area contributed by atoms with Crippen molar-refractivity contribution < 1.29 is 9.32 Å². The Labute approximate surface area is 155 Å². The first-order valence-electron chi connectivity index (χ1n) is 8.53. The van der Waals surface area contributed by atoms with Crippen LogP contribution in [-0.2, 0) is 4.79 Å². The molecule has 0 bridgehead atoms. The molecule has 4 N–H and O–H groups in total. The highest BCUT2D eigenvalue weighted by Gasteiger charge is 2.22. The van der Waals surface area contributed by atoms with Crippen molar-refractivity contribution in [3.8, 4) is 0 Å². The van der Waals surface area contributed by atoms with E-state index in [2.05, 4.69) is 15.5 Å². The molecule has 134 valence electrons. The van der Waals surface area contributed by atoms with Gasteiger partial charge in [-0.1, -0.05) is 60.7 Å². The van der Waals surface area contributed by atoms with E-state index in [9.17, 15) is 4.79 Å². The van der Waals surface area contributed by atoms with E-state index in [-0.39, 0.29) is 5.91 Å². The summed E-state index contributed by atoms with van der Waals surface area (Å²) in [6.07, 6.45) is -0.886. The van der Waals surface area contributed by atoms with Crippen molar-refractivity contribution in [3.05, 3.63) is 90.0 Å². The van der Waals surface area contributed by atoms with Gasteiger partial charge in [0.2, 0.25) is 0 Å². The Kier molecular flexibility index (Phi) is 4.55. The number of nitrogens with zero attached hydrogens (tertiary/aromatic N) is 1. The van der Waals surface area contributed by atoms with Gasteiger partial charge in [0.05, 0.1) is 11.4 Å². The number of nitrogens with one attached hydrogen (secondary N) is 2. The number of anilines is 1. The zero-order valence-corrected chi connectivity index (χ0v) is 14.4. The summed E-state index contributed by atoms with van der Waals surface area (Å²) in [6, 6.07) is 25.1. The Hall–Kier alpha value is -3.64. The van der Waals surface area contributed by atoms with Crippen molar-refractivity contribution in [1.29, 1.82) is 0 Å². The maximum absolute atomic E-state index is 11.8. The molecule has 6 heteroatoms.